The number of benzene rings is 1. The van der Waals surface area contributed by atoms with Gasteiger partial charge in [-0.3, -0.25) is 9.59 Å². The lowest BCUT2D eigenvalue weighted by atomic mass is 10.0. The van der Waals surface area contributed by atoms with Crippen molar-refractivity contribution in [3.8, 4) is 0 Å². The molecule has 0 bridgehead atoms. The van der Waals surface area contributed by atoms with Gasteiger partial charge in [0.1, 0.15) is 24.3 Å². The lowest BCUT2D eigenvalue weighted by molar-refractivity contribution is -0.155. The normalized spacial score (nSPS) is 13.4. The number of carbonyl (C=O) groups excluding carboxylic acids is 4. The lowest BCUT2D eigenvalue weighted by Gasteiger charge is -2.25. The van der Waals surface area contributed by atoms with E-state index in [9.17, 15) is 19.2 Å². The predicted molar refractivity (Wildman–Crippen MR) is 122 cm³/mol. The molecule has 0 saturated heterocycles. The zero-order chi connectivity index (χ0) is 25.9. The van der Waals surface area contributed by atoms with Crippen molar-refractivity contribution in [2.24, 2.45) is 5.92 Å². The van der Waals surface area contributed by atoms with E-state index >= 15 is 0 Å². The molecule has 0 aliphatic rings. The summed E-state index contributed by atoms with van der Waals surface area (Å²) in [4.78, 5) is 49.9. The van der Waals surface area contributed by atoms with Crippen molar-refractivity contribution in [1.82, 2.24) is 10.6 Å². The molecule has 33 heavy (non-hydrogen) atoms. The van der Waals surface area contributed by atoms with Gasteiger partial charge in [0, 0.05) is 6.42 Å². The van der Waals surface area contributed by atoms with Gasteiger partial charge in [0.05, 0.1) is 6.61 Å². The summed E-state index contributed by atoms with van der Waals surface area (Å²) in [6.45, 7) is 10.2. The highest BCUT2D eigenvalue weighted by Gasteiger charge is 2.30. The van der Waals surface area contributed by atoms with Gasteiger partial charge in [-0.25, -0.2) is 9.59 Å². The quantitative estimate of drug-likeness (QED) is 0.381. The van der Waals surface area contributed by atoms with E-state index in [2.05, 4.69) is 5.32 Å². The number of amides is 2. The molecule has 0 spiro atoms. The van der Waals surface area contributed by atoms with Gasteiger partial charge in [-0.15, -0.1) is 0 Å². The van der Waals surface area contributed by atoms with Crippen molar-refractivity contribution in [2.45, 2.75) is 78.7 Å². The molecule has 1 aromatic rings. The van der Waals surface area contributed by atoms with Crippen LogP contribution in [0.1, 0.15) is 59.9 Å². The number of rotatable bonds is 11. The fraction of sp³-hybridized carbons (Fsp3) is 0.583. The summed E-state index contributed by atoms with van der Waals surface area (Å²) in [5.74, 6) is -2.44. The van der Waals surface area contributed by atoms with Gasteiger partial charge >= 0.3 is 18.0 Å². The van der Waals surface area contributed by atoms with Crippen LogP contribution in [-0.4, -0.2) is 48.2 Å². The second-order valence-electron chi connectivity index (χ2n) is 8.80. The Hall–Kier alpha value is -3.10. The van der Waals surface area contributed by atoms with E-state index in [0.29, 0.717) is 5.31 Å². The topological polar surface area (TPSA) is 120 Å². The first-order valence-corrected chi connectivity index (χ1v) is 11.0. The number of alkyl carbamates (subject to hydrolysis) is 1. The Bertz CT molecular complexity index is 824. The SMILES string of the molecule is [2H]N(C(=O)OCc1ccccc1)[C@H](C(=O)N[C@@H](CCC(=O)OC(C)(C)C)C(=O)OCC)C(C)C. The standard InChI is InChI=1S/C24H36N2O7/c1-7-31-22(29)18(13-14-19(27)33-24(4,5)6)25-21(28)20(16(2)3)26-23(30)32-15-17-11-9-8-10-12-17/h8-12,16,18,20H,7,13-15H2,1-6H3,(H,25,28)(H,26,30)/t18-,20-/m0/s1/i/hD. The summed E-state index contributed by atoms with van der Waals surface area (Å²) in [5.41, 5.74) is 0.0493. The van der Waals surface area contributed by atoms with E-state index in [1.165, 1.54) is 0 Å². The first-order chi connectivity index (χ1) is 15.9. The van der Waals surface area contributed by atoms with Crippen LogP contribution in [0.5, 0.6) is 0 Å². The fourth-order valence-electron chi connectivity index (χ4n) is 2.78. The molecule has 2 atom stereocenters. The van der Waals surface area contributed by atoms with E-state index in [1.54, 1.807) is 65.8 Å². The summed E-state index contributed by atoms with van der Waals surface area (Å²) in [6.07, 6.45) is -1.18. The molecule has 1 rings (SSSR count). The van der Waals surface area contributed by atoms with Gasteiger partial charge in [0.25, 0.3) is 0 Å². The number of nitrogens with one attached hydrogen (secondary N) is 2. The molecule has 0 aromatic heterocycles. The Morgan fingerprint density at radius 2 is 1.70 bits per heavy atom. The van der Waals surface area contributed by atoms with E-state index in [1.807, 2.05) is 6.07 Å². The fourth-order valence-corrected chi connectivity index (χ4v) is 2.78. The minimum atomic E-state index is -1.23. The maximum absolute atomic E-state index is 13.0. The Balaban J connectivity index is 2.86. The Labute approximate surface area is 197 Å². The van der Waals surface area contributed by atoms with Crippen LogP contribution < -0.4 is 10.6 Å². The van der Waals surface area contributed by atoms with Gasteiger partial charge in [-0.05, 0) is 45.6 Å². The molecule has 1 aromatic carbocycles. The lowest BCUT2D eigenvalue weighted by Crippen LogP contribution is -2.54. The highest BCUT2D eigenvalue weighted by Crippen LogP contribution is 2.12. The van der Waals surface area contributed by atoms with Crippen LogP contribution in [0.4, 0.5) is 4.79 Å². The number of hydrogen-bond donors (Lipinski definition) is 2. The van der Waals surface area contributed by atoms with Crippen molar-refractivity contribution < 1.29 is 34.8 Å². The highest BCUT2D eigenvalue weighted by molar-refractivity contribution is 5.90. The largest absolute Gasteiger partial charge is 0.464 e. The minimum absolute atomic E-state index is 0.0528. The van der Waals surface area contributed by atoms with Crippen molar-refractivity contribution in [2.75, 3.05) is 6.61 Å². The summed E-state index contributed by atoms with van der Waals surface area (Å²) < 4.78 is 23.6. The highest BCUT2D eigenvalue weighted by atomic mass is 16.6. The molecule has 2 amide bonds. The monoisotopic (exact) mass is 465 g/mol. The summed E-state index contributed by atoms with van der Waals surface area (Å²) >= 11 is 0. The third-order valence-electron chi connectivity index (χ3n) is 4.29. The second kappa shape index (κ2) is 13.4. The number of ether oxygens (including phenoxy) is 3. The Kier molecular flexibility index (Phi) is 10.7. The third-order valence-corrected chi connectivity index (χ3v) is 4.29. The van der Waals surface area contributed by atoms with Crippen LogP contribution >= 0.6 is 0 Å². The van der Waals surface area contributed by atoms with E-state index in [4.69, 9.17) is 15.6 Å². The predicted octanol–water partition coefficient (Wildman–Crippen LogP) is 3.11. The van der Waals surface area contributed by atoms with E-state index in [0.717, 1.165) is 5.56 Å². The van der Waals surface area contributed by atoms with Crippen molar-refractivity contribution in [3.05, 3.63) is 35.9 Å². The maximum atomic E-state index is 13.0. The third kappa shape index (κ3) is 11.4. The van der Waals surface area contributed by atoms with Gasteiger partial charge in [0.2, 0.25) is 5.91 Å². The summed E-state index contributed by atoms with van der Waals surface area (Å²) in [6, 6.07) is 6.56. The molecular weight excluding hydrogens is 428 g/mol. The van der Waals surface area contributed by atoms with Gasteiger partial charge in [0.15, 0.2) is 1.41 Å². The van der Waals surface area contributed by atoms with Gasteiger partial charge in [-0.2, -0.15) is 0 Å². The van der Waals surface area contributed by atoms with Crippen LogP contribution in [0.3, 0.4) is 0 Å². The first-order valence-electron chi connectivity index (χ1n) is 11.5. The minimum Gasteiger partial charge on any atom is -0.464 e. The molecule has 2 N–H and O–H groups in total. The summed E-state index contributed by atoms with van der Waals surface area (Å²) in [5, 5.41) is 2.98. The number of hydrogen-bond acceptors (Lipinski definition) is 7. The number of esters is 2. The maximum Gasteiger partial charge on any atom is 0.408 e. The molecule has 0 heterocycles. The van der Waals surface area contributed by atoms with Crippen molar-refractivity contribution >= 4 is 23.9 Å². The Morgan fingerprint density at radius 1 is 1.06 bits per heavy atom. The van der Waals surface area contributed by atoms with Gasteiger partial charge < -0.3 is 24.8 Å². The summed E-state index contributed by atoms with van der Waals surface area (Å²) in [7, 11) is 0. The average molecular weight is 466 g/mol. The molecular formula is C24H36N2O7. The molecule has 184 valence electrons. The van der Waals surface area contributed by atoms with Gasteiger partial charge in [-0.1, -0.05) is 44.2 Å². The average Bonchev–Trinajstić information content (AvgIpc) is 2.74. The second-order valence-corrected chi connectivity index (χ2v) is 8.80. The van der Waals surface area contributed by atoms with Crippen molar-refractivity contribution in [1.29, 1.82) is 0 Å². The Morgan fingerprint density at radius 3 is 2.24 bits per heavy atom. The zero-order valence-electron chi connectivity index (χ0n) is 21.3. The molecule has 9 heteroatoms. The van der Waals surface area contributed by atoms with Crippen LogP contribution in [0.2, 0.25) is 1.41 Å². The van der Waals surface area contributed by atoms with E-state index < -0.39 is 47.5 Å². The van der Waals surface area contributed by atoms with Crippen LogP contribution in [-0.2, 0) is 35.2 Å². The first kappa shape index (κ1) is 26.2. The number of carbonyl (C=O) groups is 4. The molecule has 9 nitrogen and oxygen atoms in total. The molecule has 0 aliphatic heterocycles. The smallest absolute Gasteiger partial charge is 0.408 e. The zero-order valence-corrected chi connectivity index (χ0v) is 20.3. The van der Waals surface area contributed by atoms with E-state index in [-0.39, 0.29) is 26.1 Å². The van der Waals surface area contributed by atoms with Crippen LogP contribution in [0.25, 0.3) is 0 Å². The molecule has 0 aliphatic carbocycles. The molecule has 0 saturated carbocycles. The molecule has 0 fully saturated rings. The molecule has 0 radical (unpaired) electrons. The molecule has 0 unspecified atom stereocenters. The van der Waals surface area contributed by atoms with Crippen LogP contribution in [0, 0.1) is 5.92 Å². The van der Waals surface area contributed by atoms with Crippen LogP contribution in [0.15, 0.2) is 30.3 Å². The van der Waals surface area contributed by atoms with Crippen molar-refractivity contribution in [3.63, 3.8) is 0 Å².